The van der Waals surface area contributed by atoms with Crippen LogP contribution in [0, 0.1) is 0 Å². The van der Waals surface area contributed by atoms with Gasteiger partial charge in [0.15, 0.2) is 11.4 Å². The summed E-state index contributed by atoms with van der Waals surface area (Å²) in [4.78, 5) is 27.1. The summed E-state index contributed by atoms with van der Waals surface area (Å²) in [7, 11) is 3.03. The second-order valence-corrected chi connectivity index (χ2v) is 7.27. The summed E-state index contributed by atoms with van der Waals surface area (Å²) >= 11 is 0. The van der Waals surface area contributed by atoms with Crippen LogP contribution in [0.15, 0.2) is 60.7 Å². The highest BCUT2D eigenvalue weighted by molar-refractivity contribution is 6.01. The zero-order valence-electron chi connectivity index (χ0n) is 16.9. The summed E-state index contributed by atoms with van der Waals surface area (Å²) in [6.07, 6.45) is 0.672. The second kappa shape index (κ2) is 8.41. The molecule has 3 aromatic rings. The van der Waals surface area contributed by atoms with E-state index in [1.54, 1.807) is 16.6 Å². The van der Waals surface area contributed by atoms with Crippen LogP contribution in [0.5, 0.6) is 5.75 Å². The summed E-state index contributed by atoms with van der Waals surface area (Å²) in [6.45, 7) is 0.699. The van der Waals surface area contributed by atoms with Crippen molar-refractivity contribution in [1.82, 2.24) is 14.7 Å². The molecule has 0 saturated heterocycles. The van der Waals surface area contributed by atoms with Crippen LogP contribution in [-0.2, 0) is 17.8 Å². The van der Waals surface area contributed by atoms with Gasteiger partial charge < -0.3 is 14.4 Å². The van der Waals surface area contributed by atoms with E-state index in [1.807, 2.05) is 60.7 Å². The SMILES string of the molecule is COC(=O)c1nn2c(c1OCc1ccccc1)C(=O)N(C)CC2Cc1ccccc1. The molecule has 7 heteroatoms. The van der Waals surface area contributed by atoms with Crippen molar-refractivity contribution in [2.75, 3.05) is 20.7 Å². The molecular formula is C23H23N3O4. The van der Waals surface area contributed by atoms with Gasteiger partial charge >= 0.3 is 5.97 Å². The quantitative estimate of drug-likeness (QED) is 0.589. The number of carbonyl (C=O) groups excluding carboxylic acids is 2. The summed E-state index contributed by atoms with van der Waals surface area (Å²) in [5.74, 6) is -0.695. The molecule has 1 aliphatic heterocycles. The van der Waals surface area contributed by atoms with Crippen molar-refractivity contribution in [2.24, 2.45) is 0 Å². The van der Waals surface area contributed by atoms with Gasteiger partial charge in [-0.05, 0) is 17.5 Å². The van der Waals surface area contributed by atoms with E-state index in [0.717, 1.165) is 11.1 Å². The topological polar surface area (TPSA) is 73.7 Å². The van der Waals surface area contributed by atoms with E-state index in [0.29, 0.717) is 13.0 Å². The third-order valence-electron chi connectivity index (χ3n) is 5.17. The summed E-state index contributed by atoms with van der Waals surface area (Å²) < 4.78 is 12.5. The fourth-order valence-corrected chi connectivity index (χ4v) is 3.67. The molecule has 4 rings (SSSR count). The molecule has 0 N–H and O–H groups in total. The van der Waals surface area contributed by atoms with Crippen LogP contribution < -0.4 is 4.74 Å². The van der Waals surface area contributed by atoms with Gasteiger partial charge in [0.2, 0.25) is 5.69 Å². The monoisotopic (exact) mass is 405 g/mol. The van der Waals surface area contributed by atoms with Gasteiger partial charge in [-0.15, -0.1) is 0 Å². The molecule has 1 atom stereocenters. The van der Waals surface area contributed by atoms with Crippen molar-refractivity contribution in [1.29, 1.82) is 0 Å². The highest BCUT2D eigenvalue weighted by atomic mass is 16.5. The minimum absolute atomic E-state index is 0.0187. The molecule has 154 valence electrons. The van der Waals surface area contributed by atoms with Gasteiger partial charge in [-0.2, -0.15) is 5.10 Å². The Morgan fingerprint density at radius 3 is 2.33 bits per heavy atom. The van der Waals surface area contributed by atoms with Crippen molar-refractivity contribution in [3.05, 3.63) is 83.2 Å². The highest BCUT2D eigenvalue weighted by Crippen LogP contribution is 2.33. The molecule has 0 fully saturated rings. The Balaban J connectivity index is 1.74. The summed E-state index contributed by atoms with van der Waals surface area (Å²) in [5, 5.41) is 4.47. The first kappa shape index (κ1) is 19.7. The normalized spacial score (nSPS) is 15.6. The fourth-order valence-electron chi connectivity index (χ4n) is 3.67. The minimum atomic E-state index is -0.631. The van der Waals surface area contributed by atoms with Crippen molar-refractivity contribution < 1.29 is 19.1 Å². The highest BCUT2D eigenvalue weighted by Gasteiger charge is 2.38. The van der Waals surface area contributed by atoms with Gasteiger partial charge in [-0.3, -0.25) is 9.48 Å². The van der Waals surface area contributed by atoms with Crippen LogP contribution in [0.25, 0.3) is 0 Å². The van der Waals surface area contributed by atoms with E-state index >= 15 is 0 Å². The Bertz CT molecular complexity index is 1050. The summed E-state index contributed by atoms with van der Waals surface area (Å²) in [6, 6.07) is 19.4. The lowest BCUT2D eigenvalue weighted by Crippen LogP contribution is -2.41. The van der Waals surface area contributed by atoms with Crippen LogP contribution >= 0.6 is 0 Å². The Kier molecular flexibility index (Phi) is 5.52. The molecule has 1 unspecified atom stereocenters. The molecule has 0 aliphatic carbocycles. The number of hydrogen-bond donors (Lipinski definition) is 0. The molecule has 1 aliphatic rings. The van der Waals surface area contributed by atoms with Gasteiger partial charge in [0.05, 0.1) is 13.2 Å². The van der Waals surface area contributed by atoms with Gasteiger partial charge in [0.1, 0.15) is 6.61 Å². The van der Waals surface area contributed by atoms with E-state index in [4.69, 9.17) is 9.47 Å². The van der Waals surface area contributed by atoms with Crippen molar-refractivity contribution >= 4 is 11.9 Å². The van der Waals surface area contributed by atoms with E-state index in [2.05, 4.69) is 5.10 Å². The number of hydrogen-bond acceptors (Lipinski definition) is 5. The van der Waals surface area contributed by atoms with Crippen LogP contribution in [0.2, 0.25) is 0 Å². The van der Waals surface area contributed by atoms with Crippen molar-refractivity contribution in [2.45, 2.75) is 19.1 Å². The molecule has 0 saturated carbocycles. The number of methoxy groups -OCH3 is 1. The van der Waals surface area contributed by atoms with Gasteiger partial charge in [-0.1, -0.05) is 60.7 Å². The van der Waals surface area contributed by atoms with E-state index in [9.17, 15) is 9.59 Å². The van der Waals surface area contributed by atoms with Gasteiger partial charge in [0, 0.05) is 13.6 Å². The maximum absolute atomic E-state index is 13.0. The van der Waals surface area contributed by atoms with Crippen LogP contribution in [0.4, 0.5) is 0 Å². The first-order chi connectivity index (χ1) is 14.6. The average Bonchev–Trinajstić information content (AvgIpc) is 3.17. The first-order valence-electron chi connectivity index (χ1n) is 9.75. The number of aromatic nitrogens is 2. The second-order valence-electron chi connectivity index (χ2n) is 7.27. The minimum Gasteiger partial charge on any atom is -0.484 e. The lowest BCUT2D eigenvalue weighted by molar-refractivity contribution is 0.0586. The zero-order valence-corrected chi connectivity index (χ0v) is 16.9. The number of benzene rings is 2. The van der Waals surface area contributed by atoms with E-state index in [-0.39, 0.29) is 35.7 Å². The lowest BCUT2D eigenvalue weighted by Gasteiger charge is -2.31. The fraction of sp³-hybridized carbons (Fsp3) is 0.261. The van der Waals surface area contributed by atoms with Gasteiger partial charge in [-0.25, -0.2) is 4.79 Å². The molecule has 2 heterocycles. The number of rotatable bonds is 6. The molecule has 0 bridgehead atoms. The Morgan fingerprint density at radius 2 is 1.70 bits per heavy atom. The zero-order chi connectivity index (χ0) is 21.1. The Morgan fingerprint density at radius 1 is 1.07 bits per heavy atom. The number of esters is 1. The molecular weight excluding hydrogens is 382 g/mol. The van der Waals surface area contributed by atoms with Gasteiger partial charge in [0.25, 0.3) is 5.91 Å². The molecule has 2 aromatic carbocycles. The average molecular weight is 405 g/mol. The number of ether oxygens (including phenoxy) is 2. The van der Waals surface area contributed by atoms with Crippen LogP contribution in [-0.4, -0.2) is 47.3 Å². The molecule has 1 aromatic heterocycles. The van der Waals surface area contributed by atoms with E-state index in [1.165, 1.54) is 7.11 Å². The molecule has 0 spiro atoms. The third kappa shape index (κ3) is 3.78. The van der Waals surface area contributed by atoms with E-state index < -0.39 is 5.97 Å². The number of amides is 1. The molecule has 30 heavy (non-hydrogen) atoms. The molecule has 0 radical (unpaired) electrons. The number of likely N-dealkylation sites (N-methyl/N-ethyl adjacent to an activating group) is 1. The van der Waals surface area contributed by atoms with Crippen LogP contribution in [0.3, 0.4) is 0 Å². The maximum Gasteiger partial charge on any atom is 0.362 e. The third-order valence-corrected chi connectivity index (χ3v) is 5.17. The Labute approximate surface area is 174 Å². The molecule has 7 nitrogen and oxygen atoms in total. The smallest absolute Gasteiger partial charge is 0.362 e. The van der Waals surface area contributed by atoms with Crippen LogP contribution in [0.1, 0.15) is 38.1 Å². The predicted molar refractivity (Wildman–Crippen MR) is 110 cm³/mol. The van der Waals surface area contributed by atoms with Crippen molar-refractivity contribution in [3.63, 3.8) is 0 Å². The Hall–Kier alpha value is -3.61. The number of nitrogens with zero attached hydrogens (tertiary/aromatic N) is 3. The number of carbonyl (C=O) groups is 2. The standard InChI is InChI=1S/C23H23N3O4/c1-25-14-18(13-16-9-5-3-6-10-16)26-20(22(25)27)21(19(24-26)23(28)29-2)30-15-17-11-7-4-8-12-17/h3-12,18H,13-15H2,1-2H3. The molecule has 1 amide bonds. The maximum atomic E-state index is 13.0. The number of fused-ring (bicyclic) bond motifs is 1. The lowest BCUT2D eigenvalue weighted by atomic mass is 10.0. The first-order valence-corrected chi connectivity index (χ1v) is 9.75. The van der Waals surface area contributed by atoms with Crippen molar-refractivity contribution in [3.8, 4) is 5.75 Å². The summed E-state index contributed by atoms with van der Waals surface area (Å²) in [5.41, 5.74) is 2.34. The largest absolute Gasteiger partial charge is 0.484 e. The predicted octanol–water partition coefficient (Wildman–Crippen LogP) is 3.12.